The monoisotopic (exact) mass is 415 g/mol. The number of benzene rings is 2. The van der Waals surface area contributed by atoms with Crippen molar-refractivity contribution in [2.45, 2.75) is 31.7 Å². The molecule has 0 spiro atoms. The highest BCUT2D eigenvalue weighted by atomic mass is 16.5. The highest BCUT2D eigenvalue weighted by molar-refractivity contribution is 5.81. The summed E-state index contributed by atoms with van der Waals surface area (Å²) in [4.78, 5) is 19.2. The molecule has 0 radical (unpaired) electrons. The molecule has 2 heterocycles. The first-order valence-corrected chi connectivity index (χ1v) is 10.9. The molecule has 3 aromatic rings. The number of carbonyl (C=O) groups excluding carboxylic acids is 1. The van der Waals surface area contributed by atoms with Crippen LogP contribution in [0.1, 0.15) is 30.1 Å². The summed E-state index contributed by atoms with van der Waals surface area (Å²) in [6.07, 6.45) is 5.83. The summed E-state index contributed by atoms with van der Waals surface area (Å²) in [5.74, 6) is 2.19. The van der Waals surface area contributed by atoms with Crippen LogP contribution in [0.15, 0.2) is 73.8 Å². The van der Waals surface area contributed by atoms with Crippen LogP contribution < -0.4 is 4.74 Å². The fraction of sp³-hybridized carbons (Fsp3) is 0.308. The summed E-state index contributed by atoms with van der Waals surface area (Å²) in [6.45, 7) is 10.3. The molecular weight excluding hydrogens is 386 g/mol. The van der Waals surface area contributed by atoms with E-state index in [0.29, 0.717) is 26.1 Å². The zero-order valence-corrected chi connectivity index (χ0v) is 17.9. The van der Waals surface area contributed by atoms with E-state index in [2.05, 4.69) is 29.9 Å². The van der Waals surface area contributed by atoms with Gasteiger partial charge in [0.05, 0.1) is 17.6 Å². The highest BCUT2D eigenvalue weighted by Crippen LogP contribution is 2.30. The van der Waals surface area contributed by atoms with Crippen molar-refractivity contribution in [1.29, 1.82) is 0 Å². The van der Waals surface area contributed by atoms with E-state index >= 15 is 0 Å². The van der Waals surface area contributed by atoms with Crippen LogP contribution in [0, 0.1) is 0 Å². The number of nitrogens with zero attached hydrogens (tertiary/aromatic N) is 3. The van der Waals surface area contributed by atoms with Gasteiger partial charge in [-0.15, -0.1) is 13.2 Å². The van der Waals surface area contributed by atoms with Gasteiger partial charge in [-0.25, -0.2) is 4.98 Å². The molecular formula is C26H29N3O2. The fourth-order valence-corrected chi connectivity index (χ4v) is 4.29. The number of likely N-dealkylation sites (tertiary alicyclic amines) is 1. The molecule has 1 fully saturated rings. The van der Waals surface area contributed by atoms with E-state index < -0.39 is 0 Å². The molecule has 1 aliphatic heterocycles. The van der Waals surface area contributed by atoms with E-state index in [-0.39, 0.29) is 11.8 Å². The van der Waals surface area contributed by atoms with Crippen LogP contribution in [-0.2, 0) is 17.8 Å². The maximum absolute atomic E-state index is 12.4. The van der Waals surface area contributed by atoms with Crippen molar-refractivity contribution in [1.82, 2.24) is 14.5 Å². The molecule has 0 bridgehead atoms. The van der Waals surface area contributed by atoms with E-state index in [1.807, 2.05) is 47.4 Å². The van der Waals surface area contributed by atoms with E-state index in [1.54, 1.807) is 6.08 Å². The molecule has 2 aromatic carbocycles. The van der Waals surface area contributed by atoms with Crippen molar-refractivity contribution in [3.63, 3.8) is 0 Å². The third-order valence-electron chi connectivity index (χ3n) is 5.73. The lowest BCUT2D eigenvalue weighted by Crippen LogP contribution is -2.25. The van der Waals surface area contributed by atoms with Gasteiger partial charge in [-0.2, -0.15) is 0 Å². The van der Waals surface area contributed by atoms with Crippen LogP contribution in [0.4, 0.5) is 0 Å². The molecule has 5 nitrogen and oxygen atoms in total. The molecule has 4 rings (SSSR count). The van der Waals surface area contributed by atoms with E-state index in [4.69, 9.17) is 9.72 Å². The first-order valence-electron chi connectivity index (χ1n) is 10.9. The molecule has 1 amide bonds. The second-order valence-corrected chi connectivity index (χ2v) is 7.90. The van der Waals surface area contributed by atoms with Gasteiger partial charge >= 0.3 is 0 Å². The molecule has 160 valence electrons. The lowest BCUT2D eigenvalue weighted by Gasteiger charge is -2.16. The Morgan fingerprint density at radius 1 is 1.10 bits per heavy atom. The number of allylic oxidation sites excluding steroid dienone is 1. The number of aryl methyl sites for hydroxylation is 1. The van der Waals surface area contributed by atoms with E-state index in [9.17, 15) is 4.79 Å². The molecule has 1 unspecified atom stereocenters. The Balaban J connectivity index is 1.49. The molecule has 1 aliphatic rings. The van der Waals surface area contributed by atoms with Crippen LogP contribution in [0.2, 0.25) is 0 Å². The number of fused-ring (bicyclic) bond motifs is 1. The predicted molar refractivity (Wildman–Crippen MR) is 124 cm³/mol. The minimum atomic E-state index is 0.106. The number of amides is 1. The number of para-hydroxylation sites is 3. The third-order valence-corrected chi connectivity index (χ3v) is 5.73. The van der Waals surface area contributed by atoms with Crippen molar-refractivity contribution < 1.29 is 9.53 Å². The highest BCUT2D eigenvalue weighted by Gasteiger charge is 2.33. The summed E-state index contributed by atoms with van der Waals surface area (Å²) in [5.41, 5.74) is 3.24. The summed E-state index contributed by atoms with van der Waals surface area (Å²) < 4.78 is 8.34. The SMILES string of the molecule is C=CCc1ccccc1OCCCn1c(C2CC(=O)N(CC=C)C2)nc2ccccc21. The Morgan fingerprint density at radius 3 is 2.74 bits per heavy atom. The lowest BCUT2D eigenvalue weighted by atomic mass is 10.1. The number of carbonyl (C=O) groups is 1. The molecule has 0 saturated carbocycles. The van der Waals surface area contributed by atoms with Crippen molar-refractivity contribution in [3.8, 4) is 5.75 Å². The first-order chi connectivity index (χ1) is 15.2. The van der Waals surface area contributed by atoms with Gasteiger partial charge in [0, 0.05) is 32.0 Å². The molecule has 1 atom stereocenters. The Morgan fingerprint density at radius 2 is 1.90 bits per heavy atom. The Kier molecular flexibility index (Phi) is 6.51. The van der Waals surface area contributed by atoms with Crippen molar-refractivity contribution in [3.05, 3.63) is 85.2 Å². The van der Waals surface area contributed by atoms with Crippen LogP contribution in [0.3, 0.4) is 0 Å². The molecule has 0 aliphatic carbocycles. The minimum absolute atomic E-state index is 0.106. The lowest BCUT2D eigenvalue weighted by molar-refractivity contribution is -0.127. The van der Waals surface area contributed by atoms with Crippen LogP contribution in [-0.4, -0.2) is 40.1 Å². The molecule has 31 heavy (non-hydrogen) atoms. The smallest absolute Gasteiger partial charge is 0.223 e. The van der Waals surface area contributed by atoms with Gasteiger partial charge in [-0.05, 0) is 36.6 Å². The number of hydrogen-bond donors (Lipinski definition) is 0. The van der Waals surface area contributed by atoms with Gasteiger partial charge in [0.15, 0.2) is 0 Å². The summed E-state index contributed by atoms with van der Waals surface area (Å²) in [5, 5.41) is 0. The van der Waals surface area contributed by atoms with E-state index in [1.165, 1.54) is 0 Å². The number of imidazole rings is 1. The van der Waals surface area contributed by atoms with Crippen LogP contribution in [0.25, 0.3) is 11.0 Å². The third kappa shape index (κ3) is 4.55. The van der Waals surface area contributed by atoms with E-state index in [0.717, 1.165) is 47.6 Å². The van der Waals surface area contributed by atoms with Gasteiger partial charge in [0.25, 0.3) is 0 Å². The number of aromatic nitrogens is 2. The predicted octanol–water partition coefficient (Wildman–Crippen LogP) is 4.74. The second-order valence-electron chi connectivity index (χ2n) is 7.90. The molecule has 0 N–H and O–H groups in total. The second kappa shape index (κ2) is 9.65. The van der Waals surface area contributed by atoms with Crippen molar-refractivity contribution in [2.75, 3.05) is 19.7 Å². The first kappa shape index (κ1) is 20.9. The quantitative estimate of drug-likeness (QED) is 0.355. The largest absolute Gasteiger partial charge is 0.493 e. The van der Waals surface area contributed by atoms with Gasteiger partial charge < -0.3 is 14.2 Å². The van der Waals surface area contributed by atoms with Crippen molar-refractivity contribution >= 4 is 16.9 Å². The Bertz CT molecular complexity index is 1090. The van der Waals surface area contributed by atoms with Crippen molar-refractivity contribution in [2.24, 2.45) is 0 Å². The number of rotatable bonds is 10. The fourth-order valence-electron chi connectivity index (χ4n) is 4.29. The minimum Gasteiger partial charge on any atom is -0.493 e. The molecule has 1 aromatic heterocycles. The molecule has 5 heteroatoms. The zero-order valence-electron chi connectivity index (χ0n) is 17.9. The average Bonchev–Trinajstić information content (AvgIpc) is 3.33. The topological polar surface area (TPSA) is 47.4 Å². The molecule has 1 saturated heterocycles. The maximum Gasteiger partial charge on any atom is 0.223 e. The summed E-state index contributed by atoms with van der Waals surface area (Å²) >= 11 is 0. The maximum atomic E-state index is 12.4. The van der Waals surface area contributed by atoms with Gasteiger partial charge in [-0.1, -0.05) is 42.5 Å². The number of ether oxygens (including phenoxy) is 1. The standard InChI is InChI=1S/C26H29N3O2/c1-3-10-20-11-5-8-14-24(20)31-17-9-16-29-23-13-7-6-12-22(23)27-26(29)21-18-25(30)28(19-21)15-4-2/h3-8,11-14,21H,1-2,9-10,15-19H2. The number of hydrogen-bond acceptors (Lipinski definition) is 3. The summed E-state index contributed by atoms with van der Waals surface area (Å²) in [7, 11) is 0. The Hall–Kier alpha value is -3.34. The summed E-state index contributed by atoms with van der Waals surface area (Å²) in [6, 6.07) is 16.3. The zero-order chi connectivity index (χ0) is 21.6. The van der Waals surface area contributed by atoms with Gasteiger partial charge in [0.2, 0.25) is 5.91 Å². The van der Waals surface area contributed by atoms with Crippen LogP contribution >= 0.6 is 0 Å². The normalized spacial score (nSPS) is 16.1. The average molecular weight is 416 g/mol. The van der Waals surface area contributed by atoms with Gasteiger partial charge in [-0.3, -0.25) is 4.79 Å². The van der Waals surface area contributed by atoms with Gasteiger partial charge in [0.1, 0.15) is 11.6 Å². The van der Waals surface area contributed by atoms with Crippen LogP contribution in [0.5, 0.6) is 5.75 Å². The Labute approximate surface area is 183 Å².